The molecule has 0 bridgehead atoms. The Balaban J connectivity index is 1.65. The molecule has 29 heavy (non-hydrogen) atoms. The molecule has 1 fully saturated rings. The molecule has 1 aliphatic heterocycles. The Hall–Kier alpha value is -2.58. The third kappa shape index (κ3) is 4.71. The first-order valence-corrected chi connectivity index (χ1v) is 10.9. The maximum Gasteiger partial charge on any atom is 0.246 e. The van der Waals surface area contributed by atoms with E-state index < -0.39 is 10.0 Å². The maximum absolute atomic E-state index is 13.1. The monoisotopic (exact) mass is 418 g/mol. The van der Waals surface area contributed by atoms with Crippen LogP contribution in [0.4, 0.5) is 5.69 Å². The summed E-state index contributed by atoms with van der Waals surface area (Å²) >= 11 is 0. The quantitative estimate of drug-likeness (QED) is 0.779. The summed E-state index contributed by atoms with van der Waals surface area (Å²) in [5.74, 6) is 0.714. The van der Waals surface area contributed by atoms with Gasteiger partial charge in [0.15, 0.2) is 0 Å². The van der Waals surface area contributed by atoms with Crippen molar-refractivity contribution < 1.29 is 22.7 Å². The molecule has 2 aromatic rings. The van der Waals surface area contributed by atoms with E-state index in [-0.39, 0.29) is 16.7 Å². The van der Waals surface area contributed by atoms with Crippen molar-refractivity contribution in [3.05, 3.63) is 48.0 Å². The normalized spacial score (nSPS) is 15.7. The molecule has 0 unspecified atom stereocenters. The number of amides is 1. The van der Waals surface area contributed by atoms with Crippen LogP contribution in [0.5, 0.6) is 11.5 Å². The fraction of sp³-hybridized carbons (Fsp3) is 0.381. The van der Waals surface area contributed by atoms with Crippen LogP contribution in [0.15, 0.2) is 47.4 Å². The Morgan fingerprint density at radius 3 is 2.28 bits per heavy atom. The summed E-state index contributed by atoms with van der Waals surface area (Å²) in [4.78, 5) is 12.7. The molecule has 7 nitrogen and oxygen atoms in total. The van der Waals surface area contributed by atoms with E-state index in [1.807, 2.05) is 13.0 Å². The largest absolute Gasteiger partial charge is 0.497 e. The van der Waals surface area contributed by atoms with Crippen LogP contribution in [0.1, 0.15) is 18.4 Å². The van der Waals surface area contributed by atoms with Crippen LogP contribution in [0, 0.1) is 12.8 Å². The van der Waals surface area contributed by atoms with Crippen molar-refractivity contribution in [1.82, 2.24) is 4.31 Å². The van der Waals surface area contributed by atoms with Crippen LogP contribution in [-0.4, -0.2) is 45.9 Å². The molecule has 1 saturated heterocycles. The number of nitrogens with zero attached hydrogens (tertiary/aromatic N) is 1. The molecule has 0 aromatic heterocycles. The summed E-state index contributed by atoms with van der Waals surface area (Å²) in [6.07, 6.45) is 0.935. The van der Waals surface area contributed by atoms with Gasteiger partial charge in [-0.25, -0.2) is 8.42 Å². The highest BCUT2D eigenvalue weighted by Crippen LogP contribution is 2.31. The molecular formula is C21H26N2O5S. The van der Waals surface area contributed by atoms with Gasteiger partial charge in [0.05, 0.1) is 14.2 Å². The highest BCUT2D eigenvalue weighted by Gasteiger charge is 2.33. The van der Waals surface area contributed by atoms with Crippen molar-refractivity contribution in [2.24, 2.45) is 5.92 Å². The number of piperidine rings is 1. The van der Waals surface area contributed by atoms with Gasteiger partial charge < -0.3 is 14.8 Å². The van der Waals surface area contributed by atoms with Crippen LogP contribution < -0.4 is 14.8 Å². The molecule has 3 rings (SSSR count). The number of hydrogen-bond acceptors (Lipinski definition) is 5. The second-order valence-corrected chi connectivity index (χ2v) is 8.96. The van der Waals surface area contributed by atoms with E-state index in [1.165, 1.54) is 11.4 Å². The van der Waals surface area contributed by atoms with E-state index in [4.69, 9.17) is 9.47 Å². The number of hydrogen-bond donors (Lipinski definition) is 1. The molecule has 0 aliphatic carbocycles. The molecule has 0 radical (unpaired) electrons. The number of methoxy groups -OCH3 is 2. The minimum Gasteiger partial charge on any atom is -0.497 e. The van der Waals surface area contributed by atoms with Gasteiger partial charge in [0.1, 0.15) is 16.4 Å². The molecule has 156 valence electrons. The van der Waals surface area contributed by atoms with Crippen LogP contribution >= 0.6 is 0 Å². The first-order valence-electron chi connectivity index (χ1n) is 9.45. The SMILES string of the molecule is COc1ccc(NC(=O)C2CCN(S(=O)(=O)c3cc(C)ccc3OC)CC2)cc1. The van der Waals surface area contributed by atoms with E-state index in [0.717, 1.165) is 5.56 Å². The van der Waals surface area contributed by atoms with Gasteiger partial charge >= 0.3 is 0 Å². The second kappa shape index (κ2) is 8.84. The van der Waals surface area contributed by atoms with Gasteiger partial charge in [-0.05, 0) is 61.7 Å². The number of sulfonamides is 1. The summed E-state index contributed by atoms with van der Waals surface area (Å²) < 4.78 is 37.9. The molecule has 0 spiro atoms. The number of aryl methyl sites for hydroxylation is 1. The summed E-state index contributed by atoms with van der Waals surface area (Å²) in [6.45, 7) is 2.43. The van der Waals surface area contributed by atoms with E-state index in [1.54, 1.807) is 43.5 Å². The number of carbonyl (C=O) groups excluding carboxylic acids is 1. The van der Waals surface area contributed by atoms with Gasteiger partial charge in [0, 0.05) is 24.7 Å². The van der Waals surface area contributed by atoms with Gasteiger partial charge in [0.2, 0.25) is 15.9 Å². The van der Waals surface area contributed by atoms with Gasteiger partial charge in [-0.1, -0.05) is 6.07 Å². The third-order valence-electron chi connectivity index (χ3n) is 5.12. The summed E-state index contributed by atoms with van der Waals surface area (Å²) in [5, 5.41) is 2.89. The molecular weight excluding hydrogens is 392 g/mol. The average molecular weight is 419 g/mol. The first-order chi connectivity index (χ1) is 13.8. The lowest BCUT2D eigenvalue weighted by molar-refractivity contribution is -0.120. The van der Waals surface area contributed by atoms with E-state index in [2.05, 4.69) is 5.32 Å². The number of benzene rings is 2. The summed E-state index contributed by atoms with van der Waals surface area (Å²) in [6, 6.07) is 12.2. The zero-order valence-corrected chi connectivity index (χ0v) is 17.7. The van der Waals surface area contributed by atoms with Gasteiger partial charge in [-0.2, -0.15) is 4.31 Å². The fourth-order valence-corrected chi connectivity index (χ4v) is 5.11. The number of rotatable bonds is 6. The highest BCUT2D eigenvalue weighted by molar-refractivity contribution is 7.89. The van der Waals surface area contributed by atoms with Gasteiger partial charge in [-0.3, -0.25) is 4.79 Å². The lowest BCUT2D eigenvalue weighted by Gasteiger charge is -2.31. The number of nitrogens with one attached hydrogen (secondary N) is 1. The lowest BCUT2D eigenvalue weighted by atomic mass is 9.97. The molecule has 1 amide bonds. The Labute approximate surface area is 171 Å². The summed E-state index contributed by atoms with van der Waals surface area (Å²) in [5.41, 5.74) is 1.54. The van der Waals surface area contributed by atoms with Crippen molar-refractivity contribution in [2.75, 3.05) is 32.6 Å². The Kier molecular flexibility index (Phi) is 6.44. The number of ether oxygens (including phenoxy) is 2. The number of carbonyl (C=O) groups is 1. The molecule has 8 heteroatoms. The number of anilines is 1. The summed E-state index contributed by atoms with van der Waals surface area (Å²) in [7, 11) is -0.637. The molecule has 0 atom stereocenters. The van der Waals surface area contributed by atoms with Crippen LogP contribution in [0.2, 0.25) is 0 Å². The van der Waals surface area contributed by atoms with Crippen molar-refractivity contribution >= 4 is 21.6 Å². The third-order valence-corrected chi connectivity index (χ3v) is 7.04. The average Bonchev–Trinajstić information content (AvgIpc) is 2.74. The fourth-order valence-electron chi connectivity index (χ4n) is 3.40. The van der Waals surface area contributed by atoms with Crippen molar-refractivity contribution in [2.45, 2.75) is 24.7 Å². The highest BCUT2D eigenvalue weighted by atomic mass is 32.2. The zero-order chi connectivity index (χ0) is 21.0. The van der Waals surface area contributed by atoms with Gasteiger partial charge in [-0.15, -0.1) is 0 Å². The molecule has 1 aliphatic rings. The Morgan fingerprint density at radius 1 is 1.03 bits per heavy atom. The Morgan fingerprint density at radius 2 is 1.69 bits per heavy atom. The van der Waals surface area contributed by atoms with Crippen molar-refractivity contribution in [3.63, 3.8) is 0 Å². The minimum absolute atomic E-state index is 0.0969. The van der Waals surface area contributed by atoms with E-state index >= 15 is 0 Å². The molecule has 1 N–H and O–H groups in total. The predicted octanol–water partition coefficient (Wildman–Crippen LogP) is 3.05. The minimum atomic E-state index is -3.68. The van der Waals surface area contributed by atoms with Crippen LogP contribution in [0.3, 0.4) is 0 Å². The standard InChI is InChI=1S/C21H26N2O5S/c1-15-4-9-19(28-3)20(14-15)29(25,26)23-12-10-16(11-13-23)21(24)22-17-5-7-18(27-2)8-6-17/h4-9,14,16H,10-13H2,1-3H3,(H,22,24). The first kappa shape index (κ1) is 21.1. The molecule has 1 heterocycles. The smallest absolute Gasteiger partial charge is 0.246 e. The van der Waals surface area contributed by atoms with Crippen LogP contribution in [0.25, 0.3) is 0 Å². The lowest BCUT2D eigenvalue weighted by Crippen LogP contribution is -2.41. The van der Waals surface area contributed by atoms with E-state index in [9.17, 15) is 13.2 Å². The predicted molar refractivity (Wildman–Crippen MR) is 111 cm³/mol. The van der Waals surface area contributed by atoms with E-state index in [0.29, 0.717) is 43.1 Å². The maximum atomic E-state index is 13.1. The van der Waals surface area contributed by atoms with Gasteiger partial charge in [0.25, 0.3) is 0 Å². The molecule has 2 aromatic carbocycles. The molecule has 0 saturated carbocycles. The topological polar surface area (TPSA) is 84.9 Å². The second-order valence-electron chi connectivity index (χ2n) is 7.05. The van der Waals surface area contributed by atoms with Crippen LogP contribution in [-0.2, 0) is 14.8 Å². The zero-order valence-electron chi connectivity index (χ0n) is 16.8. The Bertz CT molecular complexity index is 965. The van der Waals surface area contributed by atoms with Crippen molar-refractivity contribution in [3.8, 4) is 11.5 Å². The van der Waals surface area contributed by atoms with Crippen molar-refractivity contribution in [1.29, 1.82) is 0 Å².